The van der Waals surface area contributed by atoms with Gasteiger partial charge in [0, 0.05) is 25.6 Å². The Morgan fingerprint density at radius 3 is 2.27 bits per heavy atom. The minimum Gasteiger partial charge on any atom is -0.497 e. The van der Waals surface area contributed by atoms with E-state index >= 15 is 0 Å². The smallest absolute Gasteiger partial charge is 0.237 e. The van der Waals surface area contributed by atoms with Crippen molar-refractivity contribution in [3.8, 4) is 5.75 Å². The summed E-state index contributed by atoms with van der Waals surface area (Å²) in [6.07, 6.45) is 7.28. The van der Waals surface area contributed by atoms with Gasteiger partial charge in [0.25, 0.3) is 0 Å². The third kappa shape index (κ3) is 6.21. The van der Waals surface area contributed by atoms with Gasteiger partial charge < -0.3 is 15.0 Å². The number of hydrogen-bond donors (Lipinski definition) is 1. The van der Waals surface area contributed by atoms with Crippen LogP contribution in [0.3, 0.4) is 0 Å². The van der Waals surface area contributed by atoms with E-state index in [1.807, 2.05) is 31.2 Å². The molecule has 0 spiro atoms. The highest BCUT2D eigenvalue weighted by atomic mass is 16.5. The number of amides is 2. The van der Waals surface area contributed by atoms with Crippen molar-refractivity contribution in [2.45, 2.75) is 57.9 Å². The fraction of sp³-hybridized carbons (Fsp3) is 0.667. The van der Waals surface area contributed by atoms with E-state index in [4.69, 9.17) is 4.74 Å². The molecule has 30 heavy (non-hydrogen) atoms. The number of nitrogens with one attached hydrogen (secondary N) is 1. The zero-order chi connectivity index (χ0) is 21.3. The van der Waals surface area contributed by atoms with Gasteiger partial charge in [-0.05, 0) is 69.8 Å². The number of hydrogen-bond acceptors (Lipinski definition) is 4. The zero-order valence-corrected chi connectivity index (χ0v) is 18.6. The molecule has 1 aromatic carbocycles. The monoisotopic (exact) mass is 415 g/mol. The third-order valence-corrected chi connectivity index (χ3v) is 6.60. The molecule has 1 atom stereocenters. The molecule has 1 unspecified atom stereocenters. The Kier molecular flexibility index (Phi) is 8.55. The Labute approximate surface area is 180 Å². The first kappa shape index (κ1) is 22.6. The Morgan fingerprint density at radius 1 is 1.03 bits per heavy atom. The summed E-state index contributed by atoms with van der Waals surface area (Å²) in [4.78, 5) is 29.7. The standard InChI is InChI=1S/C24H37N3O3/c1-19(23(28)25-14-11-20-7-9-22(30-2)10-8-20)26-17-12-21(13-18-26)24(29)27-15-5-3-4-6-16-27/h7-10,19,21H,3-6,11-18H2,1-2H3,(H,25,28). The van der Waals surface area contributed by atoms with Gasteiger partial charge in [-0.3, -0.25) is 14.5 Å². The molecule has 0 aromatic heterocycles. The third-order valence-electron chi connectivity index (χ3n) is 6.60. The van der Waals surface area contributed by atoms with E-state index in [9.17, 15) is 9.59 Å². The number of rotatable bonds is 7. The van der Waals surface area contributed by atoms with Crippen molar-refractivity contribution in [3.05, 3.63) is 29.8 Å². The molecule has 1 aromatic rings. The average Bonchev–Trinajstić information content (AvgIpc) is 3.08. The molecule has 0 radical (unpaired) electrons. The average molecular weight is 416 g/mol. The van der Waals surface area contributed by atoms with E-state index in [1.54, 1.807) is 7.11 Å². The minimum atomic E-state index is -0.157. The van der Waals surface area contributed by atoms with Crippen molar-refractivity contribution < 1.29 is 14.3 Å². The second kappa shape index (κ2) is 11.3. The van der Waals surface area contributed by atoms with Gasteiger partial charge in [0.05, 0.1) is 13.2 Å². The quantitative estimate of drug-likeness (QED) is 0.744. The number of methoxy groups -OCH3 is 1. The summed E-state index contributed by atoms with van der Waals surface area (Å²) in [5.41, 5.74) is 1.18. The number of benzene rings is 1. The molecule has 2 heterocycles. The second-order valence-electron chi connectivity index (χ2n) is 8.61. The molecule has 1 N–H and O–H groups in total. The summed E-state index contributed by atoms with van der Waals surface area (Å²) < 4.78 is 5.17. The van der Waals surface area contributed by atoms with Gasteiger partial charge in [0.2, 0.25) is 11.8 Å². The van der Waals surface area contributed by atoms with Crippen LogP contribution in [0.2, 0.25) is 0 Å². The van der Waals surface area contributed by atoms with E-state index in [1.165, 1.54) is 18.4 Å². The maximum atomic E-state index is 12.9. The summed E-state index contributed by atoms with van der Waals surface area (Å²) in [6, 6.07) is 7.78. The number of piperidine rings is 1. The zero-order valence-electron chi connectivity index (χ0n) is 18.6. The van der Waals surface area contributed by atoms with Crippen LogP contribution in [-0.4, -0.2) is 67.5 Å². The van der Waals surface area contributed by atoms with Crippen molar-refractivity contribution in [2.75, 3.05) is 39.8 Å². The Hall–Kier alpha value is -2.08. The lowest BCUT2D eigenvalue weighted by atomic mass is 9.94. The predicted octanol–water partition coefficient (Wildman–Crippen LogP) is 2.86. The molecule has 166 valence electrons. The lowest BCUT2D eigenvalue weighted by Crippen LogP contribution is -2.50. The van der Waals surface area contributed by atoms with E-state index in [-0.39, 0.29) is 17.9 Å². The van der Waals surface area contributed by atoms with Crippen LogP contribution in [0.15, 0.2) is 24.3 Å². The summed E-state index contributed by atoms with van der Waals surface area (Å²) in [5.74, 6) is 1.38. The van der Waals surface area contributed by atoms with Crippen LogP contribution >= 0.6 is 0 Å². The molecule has 2 aliphatic rings. The van der Waals surface area contributed by atoms with Gasteiger partial charge in [-0.25, -0.2) is 0 Å². The molecule has 6 heteroatoms. The number of nitrogens with zero attached hydrogens (tertiary/aromatic N) is 2. The van der Waals surface area contributed by atoms with Crippen LogP contribution in [0, 0.1) is 5.92 Å². The molecule has 2 amide bonds. The fourth-order valence-electron chi connectivity index (χ4n) is 4.52. The Morgan fingerprint density at radius 2 is 1.67 bits per heavy atom. The van der Waals surface area contributed by atoms with Gasteiger partial charge in [0.15, 0.2) is 0 Å². The van der Waals surface area contributed by atoms with E-state index in [0.29, 0.717) is 12.5 Å². The summed E-state index contributed by atoms with van der Waals surface area (Å²) in [5, 5.41) is 3.06. The fourth-order valence-corrected chi connectivity index (χ4v) is 4.52. The van der Waals surface area contributed by atoms with E-state index in [2.05, 4.69) is 15.1 Å². The lowest BCUT2D eigenvalue weighted by molar-refractivity contribution is -0.137. The first-order valence-corrected chi connectivity index (χ1v) is 11.5. The molecule has 6 nitrogen and oxygen atoms in total. The first-order valence-electron chi connectivity index (χ1n) is 11.5. The Balaban J connectivity index is 1.38. The first-order chi connectivity index (χ1) is 14.6. The largest absolute Gasteiger partial charge is 0.497 e. The summed E-state index contributed by atoms with van der Waals surface area (Å²) in [6.45, 7) is 6.08. The van der Waals surface area contributed by atoms with Gasteiger partial charge in [-0.2, -0.15) is 0 Å². The highest BCUT2D eigenvalue weighted by Gasteiger charge is 2.31. The molecule has 0 saturated carbocycles. The molecular weight excluding hydrogens is 378 g/mol. The molecule has 0 bridgehead atoms. The van der Waals surface area contributed by atoms with Crippen molar-refractivity contribution >= 4 is 11.8 Å². The van der Waals surface area contributed by atoms with Crippen molar-refractivity contribution in [1.29, 1.82) is 0 Å². The minimum absolute atomic E-state index is 0.0702. The summed E-state index contributed by atoms with van der Waals surface area (Å²) in [7, 11) is 1.66. The second-order valence-corrected chi connectivity index (χ2v) is 8.61. The maximum absolute atomic E-state index is 12.9. The number of ether oxygens (including phenoxy) is 1. The number of likely N-dealkylation sites (tertiary alicyclic amines) is 2. The van der Waals surface area contributed by atoms with Crippen LogP contribution < -0.4 is 10.1 Å². The lowest BCUT2D eigenvalue weighted by Gasteiger charge is -2.36. The maximum Gasteiger partial charge on any atom is 0.237 e. The predicted molar refractivity (Wildman–Crippen MR) is 119 cm³/mol. The van der Waals surface area contributed by atoms with Crippen molar-refractivity contribution in [1.82, 2.24) is 15.1 Å². The number of carbonyl (C=O) groups is 2. The molecular formula is C24H37N3O3. The molecule has 2 aliphatic heterocycles. The van der Waals surface area contributed by atoms with Crippen LogP contribution in [0.4, 0.5) is 0 Å². The van der Waals surface area contributed by atoms with E-state index in [0.717, 1.165) is 64.0 Å². The number of carbonyl (C=O) groups excluding carboxylic acids is 2. The highest BCUT2D eigenvalue weighted by Crippen LogP contribution is 2.23. The van der Waals surface area contributed by atoms with Crippen LogP contribution in [0.1, 0.15) is 51.0 Å². The van der Waals surface area contributed by atoms with Gasteiger partial charge in [-0.15, -0.1) is 0 Å². The van der Waals surface area contributed by atoms with E-state index < -0.39 is 0 Å². The topological polar surface area (TPSA) is 61.9 Å². The normalized spacial score (nSPS) is 19.7. The molecule has 3 rings (SSSR count). The van der Waals surface area contributed by atoms with Crippen LogP contribution in [-0.2, 0) is 16.0 Å². The van der Waals surface area contributed by atoms with Crippen LogP contribution in [0.25, 0.3) is 0 Å². The highest BCUT2D eigenvalue weighted by molar-refractivity contribution is 5.81. The SMILES string of the molecule is COc1ccc(CCNC(=O)C(C)N2CCC(C(=O)N3CCCCCC3)CC2)cc1. The van der Waals surface area contributed by atoms with Gasteiger partial charge in [-0.1, -0.05) is 25.0 Å². The van der Waals surface area contributed by atoms with Gasteiger partial charge in [0.1, 0.15) is 5.75 Å². The van der Waals surface area contributed by atoms with Crippen molar-refractivity contribution in [2.24, 2.45) is 5.92 Å². The van der Waals surface area contributed by atoms with Crippen LogP contribution in [0.5, 0.6) is 5.75 Å². The Bertz CT molecular complexity index is 675. The summed E-state index contributed by atoms with van der Waals surface area (Å²) >= 11 is 0. The van der Waals surface area contributed by atoms with Crippen molar-refractivity contribution in [3.63, 3.8) is 0 Å². The van der Waals surface area contributed by atoms with Gasteiger partial charge >= 0.3 is 0 Å². The molecule has 0 aliphatic carbocycles. The molecule has 2 saturated heterocycles. The molecule has 2 fully saturated rings.